The van der Waals surface area contributed by atoms with E-state index < -0.39 is 0 Å². The molecule has 0 amide bonds. The summed E-state index contributed by atoms with van der Waals surface area (Å²) in [7, 11) is 0. The van der Waals surface area contributed by atoms with E-state index in [9.17, 15) is 4.39 Å². The van der Waals surface area contributed by atoms with Gasteiger partial charge in [0, 0.05) is 12.0 Å². The van der Waals surface area contributed by atoms with Crippen LogP contribution in [0.3, 0.4) is 0 Å². The van der Waals surface area contributed by atoms with Gasteiger partial charge in [-0.15, -0.1) is 0 Å². The number of aromatic amines is 1. The molecule has 4 heteroatoms. The van der Waals surface area contributed by atoms with Crippen LogP contribution in [0.4, 0.5) is 4.39 Å². The summed E-state index contributed by atoms with van der Waals surface area (Å²) in [6, 6.07) is 12.8. The number of nitrogens with one attached hydrogen (secondary N) is 1. The number of imidazole rings is 1. The first kappa shape index (κ1) is 13.1. The van der Waals surface area contributed by atoms with E-state index in [0.717, 1.165) is 23.3 Å². The zero-order chi connectivity index (χ0) is 14.1. The minimum atomic E-state index is -0.266. The predicted octanol–water partition coefficient (Wildman–Crippen LogP) is 3.86. The molecule has 0 aliphatic carbocycles. The van der Waals surface area contributed by atoms with Crippen molar-refractivity contribution in [2.75, 3.05) is 0 Å². The maximum Gasteiger partial charge on any atom is 0.255 e. The van der Waals surface area contributed by atoms with Crippen LogP contribution in [0, 0.1) is 5.82 Å². The molecule has 1 aromatic heterocycles. The Morgan fingerprint density at radius 2 is 1.95 bits per heavy atom. The van der Waals surface area contributed by atoms with Crippen molar-refractivity contribution in [2.24, 2.45) is 0 Å². The summed E-state index contributed by atoms with van der Waals surface area (Å²) in [5.74, 6) is 0.794. The molecule has 0 radical (unpaired) electrons. The number of halogens is 2. The van der Waals surface area contributed by atoms with Gasteiger partial charge in [0.2, 0.25) is 0 Å². The lowest BCUT2D eigenvalue weighted by Crippen LogP contribution is -2.38. The summed E-state index contributed by atoms with van der Waals surface area (Å²) in [5.41, 5.74) is 2.64. The van der Waals surface area contributed by atoms with E-state index in [4.69, 9.17) is 11.6 Å². The lowest BCUT2D eigenvalue weighted by molar-refractivity contribution is -0.670. The van der Waals surface area contributed by atoms with E-state index in [0.29, 0.717) is 17.1 Å². The van der Waals surface area contributed by atoms with Gasteiger partial charge in [-0.2, -0.15) is 0 Å². The fourth-order valence-corrected chi connectivity index (χ4v) is 2.71. The SMILES string of the molecule is CCc1[nH]c2ccccc2[n+]1Cc1c(F)cccc1Cl. The molecule has 3 aromatic rings. The fraction of sp³-hybridized carbons (Fsp3) is 0.188. The number of nitrogens with zero attached hydrogens (tertiary/aromatic N) is 1. The van der Waals surface area contributed by atoms with E-state index in [2.05, 4.69) is 16.5 Å². The minimum Gasteiger partial charge on any atom is -0.241 e. The summed E-state index contributed by atoms with van der Waals surface area (Å²) < 4.78 is 16.1. The average molecular weight is 290 g/mol. The van der Waals surface area contributed by atoms with Gasteiger partial charge in [0.25, 0.3) is 5.82 Å². The molecule has 0 saturated heterocycles. The smallest absolute Gasteiger partial charge is 0.241 e. The third-order valence-electron chi connectivity index (χ3n) is 3.51. The second kappa shape index (κ2) is 5.25. The first-order chi connectivity index (χ1) is 9.70. The van der Waals surface area contributed by atoms with Crippen LogP contribution in [-0.2, 0) is 13.0 Å². The number of hydrogen-bond acceptors (Lipinski definition) is 0. The van der Waals surface area contributed by atoms with Gasteiger partial charge in [-0.3, -0.25) is 0 Å². The van der Waals surface area contributed by atoms with Crippen LogP contribution in [0.1, 0.15) is 18.3 Å². The Labute approximate surface area is 121 Å². The van der Waals surface area contributed by atoms with Gasteiger partial charge >= 0.3 is 0 Å². The molecule has 2 aromatic carbocycles. The van der Waals surface area contributed by atoms with Crippen molar-refractivity contribution in [2.45, 2.75) is 19.9 Å². The molecule has 0 aliphatic heterocycles. The van der Waals surface area contributed by atoms with Crippen molar-refractivity contribution in [1.82, 2.24) is 4.98 Å². The molecule has 1 heterocycles. The molecule has 0 saturated carbocycles. The highest BCUT2D eigenvalue weighted by Crippen LogP contribution is 2.20. The first-order valence-electron chi connectivity index (χ1n) is 6.63. The molecular weight excluding hydrogens is 275 g/mol. The largest absolute Gasteiger partial charge is 0.255 e. The third kappa shape index (κ3) is 2.18. The first-order valence-corrected chi connectivity index (χ1v) is 7.00. The highest BCUT2D eigenvalue weighted by Gasteiger charge is 2.19. The third-order valence-corrected chi connectivity index (χ3v) is 3.87. The zero-order valence-electron chi connectivity index (χ0n) is 11.2. The van der Waals surface area contributed by atoms with Gasteiger partial charge in [-0.1, -0.05) is 36.7 Å². The van der Waals surface area contributed by atoms with Crippen molar-refractivity contribution in [3.63, 3.8) is 0 Å². The Balaban J connectivity index is 2.15. The molecule has 3 rings (SSSR count). The van der Waals surface area contributed by atoms with Crippen molar-refractivity contribution < 1.29 is 8.96 Å². The quantitative estimate of drug-likeness (QED) is 0.707. The molecule has 0 spiro atoms. The monoisotopic (exact) mass is 289 g/mol. The Kier molecular flexibility index (Phi) is 3.45. The van der Waals surface area contributed by atoms with Crippen LogP contribution < -0.4 is 4.57 Å². The van der Waals surface area contributed by atoms with Crippen LogP contribution in [0.5, 0.6) is 0 Å². The molecule has 2 nitrogen and oxygen atoms in total. The van der Waals surface area contributed by atoms with Crippen molar-refractivity contribution in [1.29, 1.82) is 0 Å². The lowest BCUT2D eigenvalue weighted by Gasteiger charge is -2.05. The van der Waals surface area contributed by atoms with Crippen molar-refractivity contribution in [3.05, 3.63) is 64.7 Å². The Morgan fingerprint density at radius 1 is 1.15 bits per heavy atom. The standard InChI is InChI=1S/C16H14ClFN2/c1-2-16-19-14-8-3-4-9-15(14)20(16)10-11-12(17)6-5-7-13(11)18/h3-9H,2,10H2,1H3/p+1. The van der Waals surface area contributed by atoms with E-state index in [-0.39, 0.29) is 5.82 Å². The molecule has 0 unspecified atom stereocenters. The van der Waals surface area contributed by atoms with E-state index in [1.807, 2.05) is 24.3 Å². The fourth-order valence-electron chi connectivity index (χ4n) is 2.48. The molecule has 0 atom stereocenters. The number of hydrogen-bond donors (Lipinski definition) is 1. The summed E-state index contributed by atoms with van der Waals surface area (Å²) in [6.45, 7) is 2.50. The van der Waals surface area contributed by atoms with Crippen LogP contribution in [0.25, 0.3) is 11.0 Å². The van der Waals surface area contributed by atoms with Crippen molar-refractivity contribution in [3.8, 4) is 0 Å². The number of rotatable bonds is 3. The minimum absolute atomic E-state index is 0.266. The number of para-hydroxylation sites is 2. The molecule has 0 aliphatic rings. The van der Waals surface area contributed by atoms with E-state index >= 15 is 0 Å². The van der Waals surface area contributed by atoms with Gasteiger partial charge in [-0.05, 0) is 24.3 Å². The highest BCUT2D eigenvalue weighted by atomic mass is 35.5. The summed E-state index contributed by atoms with van der Waals surface area (Å²) in [4.78, 5) is 3.37. The van der Waals surface area contributed by atoms with Crippen LogP contribution >= 0.6 is 11.6 Å². The second-order valence-corrected chi connectivity index (χ2v) is 5.14. The van der Waals surface area contributed by atoms with Gasteiger partial charge in [0.15, 0.2) is 11.0 Å². The normalized spacial score (nSPS) is 11.2. The van der Waals surface area contributed by atoms with Gasteiger partial charge in [-0.25, -0.2) is 13.9 Å². The number of aryl methyl sites for hydroxylation is 1. The molecule has 102 valence electrons. The van der Waals surface area contributed by atoms with Crippen molar-refractivity contribution >= 4 is 22.6 Å². The number of aromatic nitrogens is 2. The topological polar surface area (TPSA) is 19.7 Å². The summed E-state index contributed by atoms with van der Waals surface area (Å²) in [6.07, 6.45) is 0.848. The van der Waals surface area contributed by atoms with Gasteiger partial charge < -0.3 is 0 Å². The summed E-state index contributed by atoms with van der Waals surface area (Å²) in [5, 5.41) is 0.463. The molecule has 20 heavy (non-hydrogen) atoms. The lowest BCUT2D eigenvalue weighted by atomic mass is 10.2. The number of H-pyrrole nitrogens is 1. The van der Waals surface area contributed by atoms with Gasteiger partial charge in [0.05, 0.1) is 5.02 Å². The maximum atomic E-state index is 14.0. The maximum absolute atomic E-state index is 14.0. The van der Waals surface area contributed by atoms with Crippen LogP contribution in [-0.4, -0.2) is 4.98 Å². The van der Waals surface area contributed by atoms with Crippen LogP contribution in [0.15, 0.2) is 42.5 Å². The number of benzene rings is 2. The Morgan fingerprint density at radius 3 is 2.70 bits per heavy atom. The van der Waals surface area contributed by atoms with Gasteiger partial charge in [0.1, 0.15) is 12.4 Å². The molecule has 0 fully saturated rings. The molecule has 1 N–H and O–H groups in total. The number of fused-ring (bicyclic) bond motifs is 1. The Hall–Kier alpha value is -1.87. The zero-order valence-corrected chi connectivity index (χ0v) is 11.9. The summed E-state index contributed by atoms with van der Waals surface area (Å²) >= 11 is 6.13. The van der Waals surface area contributed by atoms with E-state index in [1.165, 1.54) is 6.07 Å². The molecular formula is C16H15ClFN2+. The highest BCUT2D eigenvalue weighted by molar-refractivity contribution is 6.31. The second-order valence-electron chi connectivity index (χ2n) is 4.73. The average Bonchev–Trinajstić information content (AvgIpc) is 2.81. The van der Waals surface area contributed by atoms with Crippen LogP contribution in [0.2, 0.25) is 5.02 Å². The Bertz CT molecular complexity index is 744. The predicted molar refractivity (Wildman–Crippen MR) is 78.4 cm³/mol. The van der Waals surface area contributed by atoms with E-state index in [1.54, 1.807) is 12.1 Å². The molecule has 0 bridgehead atoms.